The molecule has 0 aliphatic carbocycles. The van der Waals surface area contributed by atoms with Crippen LogP contribution in [-0.2, 0) is 4.74 Å². The van der Waals surface area contributed by atoms with Crippen LogP contribution in [0.25, 0.3) is 0 Å². The van der Waals surface area contributed by atoms with Gasteiger partial charge in [0.15, 0.2) is 11.6 Å². The fourth-order valence-electron chi connectivity index (χ4n) is 3.81. The van der Waals surface area contributed by atoms with Gasteiger partial charge < -0.3 is 14.8 Å². The van der Waals surface area contributed by atoms with E-state index >= 15 is 0 Å². The second-order valence-corrected chi connectivity index (χ2v) is 6.83. The number of halogens is 4. The lowest BCUT2D eigenvalue weighted by molar-refractivity contribution is 0.0212. The maximum Gasteiger partial charge on any atom is 0.173 e. The van der Waals surface area contributed by atoms with Gasteiger partial charge >= 0.3 is 0 Å². The Balaban J connectivity index is 0.00000169. The molecule has 0 unspecified atom stereocenters. The maximum atomic E-state index is 14.5. The van der Waals surface area contributed by atoms with E-state index in [1.165, 1.54) is 0 Å². The zero-order chi connectivity index (χ0) is 16.9. The largest absolute Gasteiger partial charge is 0.489 e. The van der Waals surface area contributed by atoms with Crippen molar-refractivity contribution in [1.82, 2.24) is 10.2 Å². The molecule has 2 fully saturated rings. The molecule has 8 heteroatoms. The molecule has 0 bridgehead atoms. The lowest BCUT2D eigenvalue weighted by Crippen LogP contribution is -2.47. The highest BCUT2D eigenvalue weighted by Crippen LogP contribution is 2.39. The summed E-state index contributed by atoms with van der Waals surface area (Å²) in [5, 5.41) is 3.75. The second kappa shape index (κ2) is 11.5. The first-order chi connectivity index (χ1) is 11.7. The van der Waals surface area contributed by atoms with E-state index in [-0.39, 0.29) is 42.4 Å². The van der Waals surface area contributed by atoms with Gasteiger partial charge in [-0.15, -0.1) is 24.8 Å². The first kappa shape index (κ1) is 23.7. The molecule has 2 saturated heterocycles. The first-order valence-electron chi connectivity index (χ1n) is 8.85. The monoisotopic (exact) mass is 428 g/mol. The Kier molecular flexibility index (Phi) is 10.5. The quantitative estimate of drug-likeness (QED) is 0.764. The molecule has 2 aliphatic rings. The van der Waals surface area contributed by atoms with Crippen LogP contribution < -0.4 is 10.1 Å². The van der Waals surface area contributed by atoms with Crippen LogP contribution in [0.1, 0.15) is 31.4 Å². The molecule has 0 spiro atoms. The summed E-state index contributed by atoms with van der Waals surface area (Å²) in [4.78, 5) is 2.46. The summed E-state index contributed by atoms with van der Waals surface area (Å²) >= 11 is 6.31. The van der Waals surface area contributed by atoms with Crippen LogP contribution >= 0.6 is 36.4 Å². The summed E-state index contributed by atoms with van der Waals surface area (Å²) in [6.45, 7) is 7.65. The van der Waals surface area contributed by atoms with Crippen LogP contribution in [0, 0.1) is 11.7 Å². The summed E-state index contributed by atoms with van der Waals surface area (Å²) < 4.78 is 25.4. The third-order valence-corrected chi connectivity index (χ3v) is 5.19. The lowest BCUT2D eigenvalue weighted by atomic mass is 9.85. The number of hydrogen-bond donors (Lipinski definition) is 1. The molecule has 1 atom stereocenters. The van der Waals surface area contributed by atoms with E-state index in [4.69, 9.17) is 21.1 Å². The smallest absolute Gasteiger partial charge is 0.173 e. The van der Waals surface area contributed by atoms with Crippen molar-refractivity contribution in [1.29, 1.82) is 0 Å². The topological polar surface area (TPSA) is 33.7 Å². The van der Waals surface area contributed by atoms with Gasteiger partial charge in [-0.3, -0.25) is 4.90 Å². The van der Waals surface area contributed by atoms with Crippen LogP contribution in [0.2, 0.25) is 5.02 Å². The van der Waals surface area contributed by atoms with Gasteiger partial charge in [0.2, 0.25) is 0 Å². The summed E-state index contributed by atoms with van der Waals surface area (Å²) in [5.41, 5.74) is 0.953. The van der Waals surface area contributed by atoms with Crippen LogP contribution in [0.15, 0.2) is 12.1 Å². The van der Waals surface area contributed by atoms with Crippen molar-refractivity contribution < 1.29 is 13.9 Å². The number of nitrogens with zero attached hydrogens (tertiary/aromatic N) is 1. The van der Waals surface area contributed by atoms with Gasteiger partial charge in [0.05, 0.1) is 11.6 Å². The molecule has 0 radical (unpaired) electrons. The molecule has 4 nitrogen and oxygen atoms in total. The first-order valence-corrected chi connectivity index (χ1v) is 9.22. The molecule has 150 valence electrons. The second-order valence-electron chi connectivity index (χ2n) is 6.43. The summed E-state index contributed by atoms with van der Waals surface area (Å²) in [6.07, 6.45) is 2.00. The summed E-state index contributed by atoms with van der Waals surface area (Å²) in [6, 6.07) is 3.68. The number of piperazine rings is 1. The molecule has 0 amide bonds. The zero-order valence-electron chi connectivity index (χ0n) is 15.0. The fourth-order valence-corrected chi connectivity index (χ4v) is 4.08. The Bertz CT molecular complexity index is 512. The van der Waals surface area contributed by atoms with Gasteiger partial charge in [0.1, 0.15) is 0 Å². The standard InChI is InChI=1S/C18H26ClFN2O2.2ClH/c1-2-24-18-15(19)11-14(12-16(18)20)17(13-3-9-23-10-4-13)22-7-5-21-6-8-22;;/h11-13,17,21H,2-10H2,1H3;2*1H/t17-;;/m0../s1. The summed E-state index contributed by atoms with van der Waals surface area (Å²) in [5.74, 6) is 0.255. The lowest BCUT2D eigenvalue weighted by Gasteiger charge is -2.41. The van der Waals surface area contributed by atoms with Crippen LogP contribution in [0.3, 0.4) is 0 Å². The van der Waals surface area contributed by atoms with Crippen LogP contribution in [0.4, 0.5) is 4.39 Å². The van der Waals surface area contributed by atoms with Gasteiger partial charge in [0, 0.05) is 45.4 Å². The van der Waals surface area contributed by atoms with Crippen molar-refractivity contribution in [3.8, 4) is 5.75 Å². The van der Waals surface area contributed by atoms with E-state index in [0.29, 0.717) is 17.5 Å². The van der Waals surface area contributed by atoms with E-state index < -0.39 is 0 Å². The number of rotatable bonds is 5. The van der Waals surface area contributed by atoms with Gasteiger partial charge in [-0.1, -0.05) is 11.6 Å². The number of hydrogen-bond acceptors (Lipinski definition) is 4. The Morgan fingerprint density at radius 2 is 1.92 bits per heavy atom. The average molecular weight is 430 g/mol. The molecule has 26 heavy (non-hydrogen) atoms. The van der Waals surface area contributed by atoms with Gasteiger partial charge in [0.25, 0.3) is 0 Å². The Hall–Kier alpha value is -0.300. The summed E-state index contributed by atoms with van der Waals surface area (Å²) in [7, 11) is 0. The Morgan fingerprint density at radius 1 is 1.27 bits per heavy atom. The van der Waals surface area contributed by atoms with E-state index in [2.05, 4.69) is 10.2 Å². The molecule has 0 aromatic heterocycles. The molecule has 1 aromatic carbocycles. The Morgan fingerprint density at radius 3 is 2.50 bits per heavy atom. The van der Waals surface area contributed by atoms with E-state index in [1.807, 2.05) is 13.0 Å². The minimum atomic E-state index is -0.369. The average Bonchev–Trinajstić information content (AvgIpc) is 2.60. The minimum Gasteiger partial charge on any atom is -0.489 e. The predicted octanol–water partition coefficient (Wildman–Crippen LogP) is 4.09. The molecule has 2 aliphatic heterocycles. The highest BCUT2D eigenvalue weighted by atomic mass is 35.5. The van der Waals surface area contributed by atoms with E-state index in [1.54, 1.807) is 6.07 Å². The van der Waals surface area contributed by atoms with Crippen molar-refractivity contribution in [2.45, 2.75) is 25.8 Å². The molecular weight excluding hydrogens is 402 g/mol. The molecule has 1 aromatic rings. The molecule has 0 saturated carbocycles. The highest BCUT2D eigenvalue weighted by Gasteiger charge is 2.32. The molecule has 3 rings (SSSR count). The van der Waals surface area contributed by atoms with Gasteiger partial charge in [-0.2, -0.15) is 0 Å². The SMILES string of the molecule is CCOc1c(F)cc([C@H](C2CCOCC2)N2CCNCC2)cc1Cl.Cl.Cl. The molecular formula is C18H28Cl3FN2O2. The van der Waals surface area contributed by atoms with Gasteiger partial charge in [-0.25, -0.2) is 4.39 Å². The number of ether oxygens (including phenoxy) is 2. The van der Waals surface area contributed by atoms with Crippen molar-refractivity contribution in [2.75, 3.05) is 46.0 Å². The van der Waals surface area contributed by atoms with Crippen molar-refractivity contribution in [3.63, 3.8) is 0 Å². The van der Waals surface area contributed by atoms with E-state index in [9.17, 15) is 4.39 Å². The van der Waals surface area contributed by atoms with Crippen LogP contribution in [-0.4, -0.2) is 50.9 Å². The molecule has 2 heterocycles. The third kappa shape index (κ3) is 5.60. The predicted molar refractivity (Wildman–Crippen MR) is 108 cm³/mol. The minimum absolute atomic E-state index is 0. The third-order valence-electron chi connectivity index (χ3n) is 4.91. The highest BCUT2D eigenvalue weighted by molar-refractivity contribution is 6.32. The fraction of sp³-hybridized carbons (Fsp3) is 0.667. The van der Waals surface area contributed by atoms with Crippen LogP contribution in [0.5, 0.6) is 5.75 Å². The van der Waals surface area contributed by atoms with Crippen molar-refractivity contribution >= 4 is 36.4 Å². The Labute approximate surface area is 172 Å². The molecule has 1 N–H and O–H groups in total. The van der Waals surface area contributed by atoms with Gasteiger partial charge in [-0.05, 0) is 43.4 Å². The number of nitrogens with one attached hydrogen (secondary N) is 1. The normalized spacial score (nSPS) is 20.0. The number of benzene rings is 1. The maximum absolute atomic E-state index is 14.5. The zero-order valence-corrected chi connectivity index (χ0v) is 17.4. The van der Waals surface area contributed by atoms with E-state index in [0.717, 1.165) is 57.8 Å². The van der Waals surface area contributed by atoms with Crippen molar-refractivity contribution in [2.24, 2.45) is 5.92 Å². The van der Waals surface area contributed by atoms with Crippen molar-refractivity contribution in [3.05, 3.63) is 28.5 Å².